The van der Waals surface area contributed by atoms with Gasteiger partial charge in [-0.3, -0.25) is 24.1 Å². The van der Waals surface area contributed by atoms with Crippen LogP contribution in [0.15, 0.2) is 35.2 Å². The van der Waals surface area contributed by atoms with Crippen molar-refractivity contribution in [2.24, 2.45) is 17.3 Å². The van der Waals surface area contributed by atoms with Crippen molar-refractivity contribution in [2.75, 3.05) is 13.1 Å². The molecule has 2 N–H and O–H groups in total. The van der Waals surface area contributed by atoms with Crippen LogP contribution in [0.1, 0.15) is 51.0 Å². The highest BCUT2D eigenvalue weighted by atomic mass is 32.2. The van der Waals surface area contributed by atoms with Gasteiger partial charge in [-0.25, -0.2) is 0 Å². The number of amides is 4. The van der Waals surface area contributed by atoms with Crippen molar-refractivity contribution in [2.45, 2.75) is 51.0 Å². The van der Waals surface area contributed by atoms with Crippen molar-refractivity contribution < 1.29 is 19.2 Å². The Labute approximate surface area is 197 Å². The average Bonchev–Trinajstić information content (AvgIpc) is 2.99. The number of nitrogens with one attached hydrogen (secondary N) is 2. The van der Waals surface area contributed by atoms with Crippen LogP contribution in [0.2, 0.25) is 0 Å². The lowest BCUT2D eigenvalue weighted by Gasteiger charge is -2.61. The molecule has 1 aromatic carbocycles. The summed E-state index contributed by atoms with van der Waals surface area (Å²) in [6, 6.07) is 9.42. The largest absolute Gasteiger partial charge is 0.354 e. The van der Waals surface area contributed by atoms with Crippen molar-refractivity contribution in [3.63, 3.8) is 0 Å². The monoisotopic (exact) mass is 467 g/mol. The zero-order valence-corrected chi connectivity index (χ0v) is 19.6. The molecule has 4 saturated carbocycles. The molecule has 8 heteroatoms. The van der Waals surface area contributed by atoms with E-state index < -0.39 is 5.41 Å². The molecule has 7 nitrogen and oxygen atoms in total. The molecule has 4 amide bonds. The summed E-state index contributed by atoms with van der Waals surface area (Å²) in [6.07, 6.45) is 7.18. The van der Waals surface area contributed by atoms with Gasteiger partial charge in [0.25, 0.3) is 11.1 Å². The van der Waals surface area contributed by atoms with Crippen molar-refractivity contribution >= 4 is 40.8 Å². The standard InChI is InChI=1S/C25H29N3O4S/c1-16(29)27-25-13-18-9-19(14-25)12-24(11-18,15-25)22(31)26-7-8-28-21(30)20(33-23(28)32)10-17-5-3-2-4-6-17/h2-6,10,18-19H,7-9,11-15H2,1H3,(H,26,31)(H,27,29)/b20-10-/t18-,19-,24?,25?/m0/s1. The minimum absolute atomic E-state index is 0.00174. The van der Waals surface area contributed by atoms with Gasteiger partial charge < -0.3 is 10.6 Å². The lowest BCUT2D eigenvalue weighted by Crippen LogP contribution is -2.65. The average molecular weight is 468 g/mol. The van der Waals surface area contributed by atoms with Gasteiger partial charge in [0.05, 0.1) is 10.3 Å². The molecule has 174 valence electrons. The molecule has 0 unspecified atom stereocenters. The molecule has 0 radical (unpaired) electrons. The Bertz CT molecular complexity index is 1020. The summed E-state index contributed by atoms with van der Waals surface area (Å²) >= 11 is 0.934. The van der Waals surface area contributed by atoms with Gasteiger partial charge in [-0.05, 0) is 73.8 Å². The topological polar surface area (TPSA) is 95.6 Å². The third-order valence-corrected chi connectivity index (χ3v) is 8.48. The summed E-state index contributed by atoms with van der Waals surface area (Å²) in [5.41, 5.74) is 0.145. The molecule has 4 bridgehead atoms. The minimum Gasteiger partial charge on any atom is -0.354 e. The van der Waals surface area contributed by atoms with Crippen LogP contribution in [0.4, 0.5) is 4.79 Å². The highest BCUT2D eigenvalue weighted by Gasteiger charge is 2.60. The lowest BCUT2D eigenvalue weighted by molar-refractivity contribution is -0.153. The molecular weight excluding hydrogens is 438 g/mol. The van der Waals surface area contributed by atoms with E-state index in [1.807, 2.05) is 30.3 Å². The van der Waals surface area contributed by atoms with Gasteiger partial charge in [0.1, 0.15) is 0 Å². The zero-order chi connectivity index (χ0) is 23.2. The molecule has 1 aromatic rings. The first kappa shape index (κ1) is 22.2. The molecule has 2 atom stereocenters. The fourth-order valence-corrected chi connectivity index (χ4v) is 7.78. The van der Waals surface area contributed by atoms with Gasteiger partial charge in [-0.15, -0.1) is 0 Å². The van der Waals surface area contributed by atoms with E-state index in [0.29, 0.717) is 23.2 Å². The molecule has 6 rings (SSSR count). The Morgan fingerprint density at radius 3 is 2.48 bits per heavy atom. The summed E-state index contributed by atoms with van der Waals surface area (Å²) in [4.78, 5) is 51.9. The van der Waals surface area contributed by atoms with Crippen LogP contribution < -0.4 is 10.6 Å². The predicted molar refractivity (Wildman–Crippen MR) is 126 cm³/mol. The van der Waals surface area contributed by atoms with E-state index >= 15 is 0 Å². The number of carbonyl (C=O) groups is 4. The summed E-state index contributed by atoms with van der Waals surface area (Å²) in [6.45, 7) is 1.94. The predicted octanol–water partition coefficient (Wildman–Crippen LogP) is 3.31. The van der Waals surface area contributed by atoms with Gasteiger partial charge in [-0.2, -0.15) is 0 Å². The van der Waals surface area contributed by atoms with E-state index in [2.05, 4.69) is 10.6 Å². The maximum atomic E-state index is 13.3. The smallest absolute Gasteiger partial charge is 0.293 e. The van der Waals surface area contributed by atoms with Gasteiger partial charge in [0.15, 0.2) is 0 Å². The van der Waals surface area contributed by atoms with Crippen molar-refractivity contribution in [3.05, 3.63) is 40.8 Å². The molecular formula is C25H29N3O4S. The van der Waals surface area contributed by atoms with E-state index in [4.69, 9.17) is 0 Å². The summed E-state index contributed by atoms with van der Waals surface area (Å²) in [5, 5.41) is 5.89. The van der Waals surface area contributed by atoms with E-state index in [-0.39, 0.29) is 41.6 Å². The molecule has 5 aliphatic rings. The second-order valence-electron chi connectivity index (χ2n) is 10.2. The Balaban J connectivity index is 1.21. The van der Waals surface area contributed by atoms with Gasteiger partial charge in [-0.1, -0.05) is 30.3 Å². The molecule has 1 saturated heterocycles. The van der Waals surface area contributed by atoms with E-state index in [9.17, 15) is 19.2 Å². The third kappa shape index (κ3) is 4.21. The van der Waals surface area contributed by atoms with Crippen LogP contribution in [-0.4, -0.2) is 46.5 Å². The number of carbonyl (C=O) groups excluding carboxylic acids is 4. The maximum Gasteiger partial charge on any atom is 0.293 e. The minimum atomic E-state index is -0.460. The fraction of sp³-hybridized carbons (Fsp3) is 0.520. The van der Waals surface area contributed by atoms with Crippen LogP contribution in [0.25, 0.3) is 6.08 Å². The molecule has 5 fully saturated rings. The molecule has 1 heterocycles. The second kappa shape index (κ2) is 8.31. The highest BCUT2D eigenvalue weighted by molar-refractivity contribution is 8.18. The van der Waals surface area contributed by atoms with E-state index in [0.717, 1.165) is 49.4 Å². The van der Waals surface area contributed by atoms with E-state index in [1.54, 1.807) is 13.0 Å². The normalized spacial score (nSPS) is 33.6. The van der Waals surface area contributed by atoms with Crippen LogP contribution in [-0.2, 0) is 14.4 Å². The maximum absolute atomic E-state index is 13.3. The number of rotatable bonds is 6. The first-order chi connectivity index (χ1) is 15.8. The summed E-state index contributed by atoms with van der Waals surface area (Å²) < 4.78 is 0. The van der Waals surface area contributed by atoms with Crippen LogP contribution in [0.3, 0.4) is 0 Å². The van der Waals surface area contributed by atoms with Gasteiger partial charge in [0, 0.05) is 25.6 Å². The summed E-state index contributed by atoms with van der Waals surface area (Å²) in [7, 11) is 0. The Hall–Kier alpha value is -2.61. The van der Waals surface area contributed by atoms with Gasteiger partial charge >= 0.3 is 0 Å². The molecule has 4 aliphatic carbocycles. The Kier molecular flexibility index (Phi) is 5.59. The van der Waals surface area contributed by atoms with Crippen LogP contribution >= 0.6 is 11.8 Å². The van der Waals surface area contributed by atoms with Crippen molar-refractivity contribution in [1.29, 1.82) is 0 Å². The number of hydrogen-bond acceptors (Lipinski definition) is 5. The summed E-state index contributed by atoms with van der Waals surface area (Å²) in [5.74, 6) is 0.580. The number of thioether (sulfide) groups is 1. The van der Waals surface area contributed by atoms with Crippen molar-refractivity contribution in [1.82, 2.24) is 15.5 Å². The third-order valence-electron chi connectivity index (χ3n) is 7.58. The number of benzene rings is 1. The number of hydrogen-bond donors (Lipinski definition) is 2. The number of imide groups is 1. The zero-order valence-electron chi connectivity index (χ0n) is 18.8. The second-order valence-corrected chi connectivity index (χ2v) is 11.2. The number of nitrogens with zero attached hydrogens (tertiary/aromatic N) is 1. The van der Waals surface area contributed by atoms with Crippen molar-refractivity contribution in [3.8, 4) is 0 Å². The van der Waals surface area contributed by atoms with E-state index in [1.165, 1.54) is 4.90 Å². The van der Waals surface area contributed by atoms with Gasteiger partial charge in [0.2, 0.25) is 11.8 Å². The van der Waals surface area contributed by atoms with Crippen LogP contribution in [0.5, 0.6) is 0 Å². The lowest BCUT2D eigenvalue weighted by atomic mass is 9.46. The molecule has 0 spiro atoms. The molecule has 0 aromatic heterocycles. The molecule has 1 aliphatic heterocycles. The first-order valence-electron chi connectivity index (χ1n) is 11.7. The SMILES string of the molecule is CC(=O)NC12C[C@H]3C[C@H](C1)CC(C(=O)NCCN1C(=O)S/C(=C\c4ccccc4)C1=O)(C3)C2. The Morgan fingerprint density at radius 2 is 1.82 bits per heavy atom. The highest BCUT2D eigenvalue weighted by Crippen LogP contribution is 2.61. The molecule has 33 heavy (non-hydrogen) atoms. The Morgan fingerprint density at radius 1 is 1.12 bits per heavy atom. The van der Waals surface area contributed by atoms with Crippen LogP contribution in [0, 0.1) is 17.3 Å². The first-order valence-corrected chi connectivity index (χ1v) is 12.5. The fourth-order valence-electron chi connectivity index (χ4n) is 6.91. The quantitative estimate of drug-likeness (QED) is 0.626.